The third kappa shape index (κ3) is 2.53. The first-order chi connectivity index (χ1) is 12.7. The fourth-order valence-electron chi connectivity index (χ4n) is 3.23. The summed E-state index contributed by atoms with van der Waals surface area (Å²) in [6.45, 7) is 0.575. The number of aromatic nitrogens is 4. The first-order valence-electron chi connectivity index (χ1n) is 8.00. The number of H-pyrrole nitrogens is 1. The quantitative estimate of drug-likeness (QED) is 0.552. The van der Waals surface area contributed by atoms with E-state index in [1.165, 1.54) is 11.3 Å². The first kappa shape index (κ1) is 15.9. The number of aromatic amines is 1. The first-order valence-corrected chi connectivity index (χ1v) is 10.1. The van der Waals surface area contributed by atoms with Crippen LogP contribution in [0.3, 0.4) is 0 Å². The molecule has 1 N–H and O–H groups in total. The number of para-hydroxylation sites is 1. The van der Waals surface area contributed by atoms with E-state index < -0.39 is 0 Å². The van der Waals surface area contributed by atoms with Crippen molar-refractivity contribution in [2.75, 3.05) is 6.54 Å². The maximum atomic E-state index is 13.1. The van der Waals surface area contributed by atoms with Gasteiger partial charge in [-0.25, -0.2) is 15.0 Å². The molecule has 1 atom stereocenters. The molecule has 0 spiro atoms. The van der Waals surface area contributed by atoms with Crippen LogP contribution < -0.4 is 0 Å². The molecule has 1 amide bonds. The van der Waals surface area contributed by atoms with Gasteiger partial charge in [0.2, 0.25) is 0 Å². The van der Waals surface area contributed by atoms with Gasteiger partial charge in [0.1, 0.15) is 16.2 Å². The molecule has 0 aliphatic carbocycles. The lowest BCUT2D eigenvalue weighted by Crippen LogP contribution is -2.40. The number of hydrogen-bond donors (Lipinski definition) is 1. The molecular weight excluding hydrogens is 390 g/mol. The Morgan fingerprint density at radius 2 is 2.19 bits per heavy atom. The molecule has 3 aromatic heterocycles. The van der Waals surface area contributed by atoms with E-state index in [1.807, 2.05) is 24.3 Å². The number of thiazole rings is 2. The third-order valence-corrected chi connectivity index (χ3v) is 6.63. The lowest BCUT2D eigenvalue weighted by molar-refractivity contribution is 0.0690. The number of nitrogens with one attached hydrogen (secondary N) is 1. The summed E-state index contributed by atoms with van der Waals surface area (Å²) < 4.78 is 1.09. The second-order valence-corrected chi connectivity index (χ2v) is 8.22. The largest absolute Gasteiger partial charge is 0.348 e. The zero-order valence-corrected chi connectivity index (χ0v) is 15.7. The summed E-state index contributed by atoms with van der Waals surface area (Å²) in [6.07, 6.45) is 2.40. The van der Waals surface area contributed by atoms with Crippen LogP contribution in [0.4, 0.5) is 0 Å². The van der Waals surface area contributed by atoms with Crippen molar-refractivity contribution in [1.82, 2.24) is 24.8 Å². The fourth-order valence-corrected chi connectivity index (χ4v) is 5.21. The van der Waals surface area contributed by atoms with E-state index in [4.69, 9.17) is 16.6 Å². The second kappa shape index (κ2) is 6.15. The molecule has 1 aliphatic heterocycles. The Morgan fingerprint density at radius 3 is 3.00 bits per heavy atom. The van der Waals surface area contributed by atoms with Crippen molar-refractivity contribution in [3.05, 3.63) is 62.5 Å². The number of rotatable bonds is 2. The number of carbonyl (C=O) groups excluding carboxylic acids is 1. The molecule has 26 heavy (non-hydrogen) atoms. The van der Waals surface area contributed by atoms with Gasteiger partial charge in [-0.15, -0.1) is 22.7 Å². The van der Waals surface area contributed by atoms with Gasteiger partial charge in [-0.1, -0.05) is 23.7 Å². The van der Waals surface area contributed by atoms with E-state index in [-0.39, 0.29) is 11.9 Å². The molecule has 0 radical (unpaired) electrons. The zero-order chi connectivity index (χ0) is 17.7. The van der Waals surface area contributed by atoms with E-state index >= 15 is 0 Å². The molecule has 130 valence electrons. The lowest BCUT2D eigenvalue weighted by atomic mass is 10.0. The molecule has 6 nitrogen and oxygen atoms in total. The van der Waals surface area contributed by atoms with Gasteiger partial charge in [0.15, 0.2) is 5.01 Å². The van der Waals surface area contributed by atoms with E-state index in [1.54, 1.807) is 27.9 Å². The van der Waals surface area contributed by atoms with Crippen LogP contribution in [0.2, 0.25) is 5.15 Å². The molecule has 0 fully saturated rings. The maximum absolute atomic E-state index is 13.1. The molecule has 5 rings (SSSR count). The lowest BCUT2D eigenvalue weighted by Gasteiger charge is -2.33. The predicted molar refractivity (Wildman–Crippen MR) is 102 cm³/mol. The van der Waals surface area contributed by atoms with Crippen LogP contribution in [0, 0.1) is 0 Å². The van der Waals surface area contributed by atoms with Gasteiger partial charge in [0.25, 0.3) is 5.91 Å². The van der Waals surface area contributed by atoms with Gasteiger partial charge < -0.3 is 9.88 Å². The Hall–Kier alpha value is -2.29. The standard InChI is InChI=1S/C17H12ClN5OS2/c18-12-7-25-16(22-12)17(24)23-6-5-10-13(20-8-19-10)14(23)15-21-9-3-1-2-4-11(9)26-15/h1-4,7-8,14H,5-6H2,(H,19,20)/t14-/m0/s1. The molecule has 9 heteroatoms. The molecular formula is C17H12ClN5OS2. The average molecular weight is 402 g/mol. The highest BCUT2D eigenvalue weighted by molar-refractivity contribution is 7.18. The number of halogens is 1. The number of amides is 1. The van der Waals surface area contributed by atoms with E-state index in [2.05, 4.69) is 15.0 Å². The molecule has 4 heterocycles. The molecule has 1 aliphatic rings. The van der Waals surface area contributed by atoms with Crippen LogP contribution in [-0.4, -0.2) is 37.3 Å². The van der Waals surface area contributed by atoms with Gasteiger partial charge in [0, 0.05) is 24.0 Å². The minimum absolute atomic E-state index is 0.139. The monoisotopic (exact) mass is 401 g/mol. The van der Waals surface area contributed by atoms with Crippen LogP contribution in [0.25, 0.3) is 10.2 Å². The number of nitrogens with zero attached hydrogens (tertiary/aromatic N) is 4. The highest BCUT2D eigenvalue weighted by Gasteiger charge is 2.37. The minimum Gasteiger partial charge on any atom is -0.348 e. The Kier molecular flexibility index (Phi) is 3.77. The molecule has 0 unspecified atom stereocenters. The Morgan fingerprint density at radius 1 is 1.31 bits per heavy atom. The van der Waals surface area contributed by atoms with Crippen molar-refractivity contribution in [3.63, 3.8) is 0 Å². The van der Waals surface area contributed by atoms with E-state index in [0.29, 0.717) is 16.7 Å². The van der Waals surface area contributed by atoms with Crippen LogP contribution in [0.15, 0.2) is 36.0 Å². The number of benzene rings is 1. The molecule has 0 saturated heterocycles. The van der Waals surface area contributed by atoms with E-state index in [9.17, 15) is 4.79 Å². The summed E-state index contributed by atoms with van der Waals surface area (Å²) in [4.78, 5) is 31.5. The summed E-state index contributed by atoms with van der Waals surface area (Å²) in [5, 5.41) is 3.26. The van der Waals surface area contributed by atoms with Crippen LogP contribution in [0.5, 0.6) is 0 Å². The summed E-state index contributed by atoms with van der Waals surface area (Å²) in [5.74, 6) is -0.139. The van der Waals surface area contributed by atoms with Crippen molar-refractivity contribution < 1.29 is 4.79 Å². The van der Waals surface area contributed by atoms with Crippen molar-refractivity contribution in [2.24, 2.45) is 0 Å². The number of imidazole rings is 1. The minimum atomic E-state index is -0.322. The van der Waals surface area contributed by atoms with Crippen LogP contribution >= 0.6 is 34.3 Å². The summed E-state index contributed by atoms with van der Waals surface area (Å²) in [6, 6.07) is 7.66. The SMILES string of the molecule is O=C(c1nc(Cl)cs1)N1CCc2[nH]cnc2[C@H]1c1nc2ccccc2s1. The van der Waals surface area contributed by atoms with Crippen LogP contribution in [0.1, 0.15) is 32.2 Å². The predicted octanol–water partition coefficient (Wildman–Crippen LogP) is 3.92. The number of hydrogen-bond acceptors (Lipinski definition) is 6. The highest BCUT2D eigenvalue weighted by Crippen LogP contribution is 2.38. The van der Waals surface area contributed by atoms with Gasteiger partial charge in [-0.2, -0.15) is 0 Å². The topological polar surface area (TPSA) is 74.8 Å². The van der Waals surface area contributed by atoms with Gasteiger partial charge >= 0.3 is 0 Å². The fraction of sp³-hybridized carbons (Fsp3) is 0.176. The smallest absolute Gasteiger partial charge is 0.283 e. The second-order valence-electron chi connectivity index (χ2n) is 5.91. The Balaban J connectivity index is 1.63. The van der Waals surface area contributed by atoms with Gasteiger partial charge in [-0.3, -0.25) is 4.79 Å². The van der Waals surface area contributed by atoms with Crippen molar-refractivity contribution in [2.45, 2.75) is 12.5 Å². The normalized spacial score (nSPS) is 16.8. The van der Waals surface area contributed by atoms with Crippen molar-refractivity contribution in [1.29, 1.82) is 0 Å². The summed E-state index contributed by atoms with van der Waals surface area (Å²) in [5.41, 5.74) is 2.83. The molecule has 0 saturated carbocycles. The Bertz CT molecular complexity index is 1080. The van der Waals surface area contributed by atoms with Crippen molar-refractivity contribution >= 4 is 50.4 Å². The summed E-state index contributed by atoms with van der Waals surface area (Å²) >= 11 is 8.76. The highest BCUT2D eigenvalue weighted by atomic mass is 35.5. The summed E-state index contributed by atoms with van der Waals surface area (Å²) in [7, 11) is 0. The number of fused-ring (bicyclic) bond motifs is 2. The molecule has 1 aromatic carbocycles. The maximum Gasteiger partial charge on any atom is 0.283 e. The molecule has 4 aromatic rings. The van der Waals surface area contributed by atoms with Crippen LogP contribution in [-0.2, 0) is 6.42 Å². The Labute approximate surface area is 161 Å². The number of carbonyl (C=O) groups is 1. The van der Waals surface area contributed by atoms with Crippen molar-refractivity contribution in [3.8, 4) is 0 Å². The zero-order valence-electron chi connectivity index (χ0n) is 13.3. The average Bonchev–Trinajstić information content (AvgIpc) is 3.38. The van der Waals surface area contributed by atoms with Gasteiger partial charge in [-0.05, 0) is 12.1 Å². The molecule has 0 bridgehead atoms. The van der Waals surface area contributed by atoms with E-state index in [0.717, 1.165) is 33.0 Å². The third-order valence-electron chi connectivity index (χ3n) is 4.39. The van der Waals surface area contributed by atoms with Gasteiger partial charge in [0.05, 0.1) is 22.2 Å².